The van der Waals surface area contributed by atoms with Crippen LogP contribution in [0.1, 0.15) is 30.2 Å². The summed E-state index contributed by atoms with van der Waals surface area (Å²) in [5.74, 6) is 1.09. The summed E-state index contributed by atoms with van der Waals surface area (Å²) in [5.41, 5.74) is 6.37. The van der Waals surface area contributed by atoms with Crippen molar-refractivity contribution in [1.82, 2.24) is 10.1 Å². The molecule has 0 radical (unpaired) electrons. The van der Waals surface area contributed by atoms with E-state index in [9.17, 15) is 4.39 Å². The van der Waals surface area contributed by atoms with E-state index in [1.807, 2.05) is 0 Å². The lowest BCUT2D eigenvalue weighted by atomic mass is 10.1. The number of aryl methyl sites for hydroxylation is 1. The Morgan fingerprint density at radius 1 is 1.50 bits per heavy atom. The molecule has 0 amide bonds. The lowest BCUT2D eigenvalue weighted by Crippen LogP contribution is -2.09. The number of benzene rings is 1. The molecule has 0 saturated heterocycles. The molecule has 1 aromatic carbocycles. The Kier molecular flexibility index (Phi) is 3.57. The Labute approximate surface area is 104 Å². The van der Waals surface area contributed by atoms with Crippen LogP contribution >= 0.6 is 0 Å². The van der Waals surface area contributed by atoms with Crippen LogP contribution in [-0.4, -0.2) is 10.1 Å². The molecule has 0 aliphatic rings. The van der Waals surface area contributed by atoms with Crippen molar-refractivity contribution in [3.05, 3.63) is 41.3 Å². The van der Waals surface area contributed by atoms with Gasteiger partial charge in [-0.3, -0.25) is 0 Å². The predicted octanol–water partition coefficient (Wildman–Crippen LogP) is 2.12. The first-order valence-corrected chi connectivity index (χ1v) is 5.53. The Morgan fingerprint density at radius 3 is 2.89 bits per heavy atom. The summed E-state index contributed by atoms with van der Waals surface area (Å²) in [4.78, 5) is 4.01. The van der Waals surface area contributed by atoms with E-state index in [1.165, 1.54) is 12.1 Å². The minimum atomic E-state index is -0.343. The number of ether oxygens (including phenoxy) is 1. The van der Waals surface area contributed by atoms with Gasteiger partial charge in [-0.25, -0.2) is 4.39 Å². The fourth-order valence-electron chi connectivity index (χ4n) is 1.55. The van der Waals surface area contributed by atoms with Gasteiger partial charge in [-0.15, -0.1) is 0 Å². The number of hydrogen-bond acceptors (Lipinski definition) is 5. The molecule has 2 aromatic rings. The van der Waals surface area contributed by atoms with Gasteiger partial charge in [0, 0.05) is 18.5 Å². The summed E-state index contributed by atoms with van der Waals surface area (Å²) in [7, 11) is 0. The van der Waals surface area contributed by atoms with Crippen LogP contribution in [0, 0.1) is 12.7 Å². The van der Waals surface area contributed by atoms with Crippen molar-refractivity contribution in [3.8, 4) is 5.75 Å². The topological polar surface area (TPSA) is 74.2 Å². The summed E-state index contributed by atoms with van der Waals surface area (Å²) in [6, 6.07) is 3.91. The summed E-state index contributed by atoms with van der Waals surface area (Å²) in [6.45, 7) is 3.62. The molecule has 0 spiro atoms. The molecule has 1 aromatic heterocycles. The average Bonchev–Trinajstić information content (AvgIpc) is 2.73. The molecular formula is C12H14FN3O2. The Morgan fingerprint density at radius 2 is 2.28 bits per heavy atom. The monoisotopic (exact) mass is 251 g/mol. The summed E-state index contributed by atoms with van der Waals surface area (Å²) >= 11 is 0. The van der Waals surface area contributed by atoms with E-state index >= 15 is 0 Å². The predicted molar refractivity (Wildman–Crippen MR) is 62.4 cm³/mol. The van der Waals surface area contributed by atoms with Crippen molar-refractivity contribution in [1.29, 1.82) is 0 Å². The Balaban J connectivity index is 2.13. The third kappa shape index (κ3) is 2.84. The van der Waals surface area contributed by atoms with Crippen molar-refractivity contribution in [3.63, 3.8) is 0 Å². The number of rotatable bonds is 4. The van der Waals surface area contributed by atoms with E-state index in [2.05, 4.69) is 10.1 Å². The van der Waals surface area contributed by atoms with Crippen LogP contribution in [0.15, 0.2) is 22.7 Å². The number of hydrogen-bond donors (Lipinski definition) is 1. The van der Waals surface area contributed by atoms with Crippen molar-refractivity contribution in [2.45, 2.75) is 26.5 Å². The Bertz CT molecular complexity index is 540. The largest absolute Gasteiger partial charge is 0.485 e. The molecule has 1 heterocycles. The van der Waals surface area contributed by atoms with Gasteiger partial charge in [0.05, 0.1) is 0 Å². The molecule has 6 heteroatoms. The molecule has 5 nitrogen and oxygen atoms in total. The molecule has 0 unspecified atom stereocenters. The van der Waals surface area contributed by atoms with Crippen LogP contribution in [0.5, 0.6) is 5.75 Å². The number of nitrogens with zero attached hydrogens (tertiary/aromatic N) is 2. The maximum Gasteiger partial charge on any atom is 0.223 e. The van der Waals surface area contributed by atoms with Gasteiger partial charge in [-0.05, 0) is 25.1 Å². The third-order valence-electron chi connectivity index (χ3n) is 2.39. The lowest BCUT2D eigenvalue weighted by Gasteiger charge is -2.12. The van der Waals surface area contributed by atoms with Crippen molar-refractivity contribution < 1.29 is 13.7 Å². The molecule has 0 aliphatic heterocycles. The normalized spacial score (nSPS) is 12.4. The zero-order chi connectivity index (χ0) is 13.1. The van der Waals surface area contributed by atoms with Crippen LogP contribution in [0.2, 0.25) is 0 Å². The third-order valence-corrected chi connectivity index (χ3v) is 2.39. The van der Waals surface area contributed by atoms with Gasteiger partial charge in [0.25, 0.3) is 0 Å². The molecule has 2 N–H and O–H groups in total. The van der Waals surface area contributed by atoms with E-state index in [1.54, 1.807) is 19.9 Å². The molecule has 0 aliphatic carbocycles. The van der Waals surface area contributed by atoms with Gasteiger partial charge in [-0.1, -0.05) is 5.16 Å². The van der Waals surface area contributed by atoms with Crippen LogP contribution < -0.4 is 10.5 Å². The molecule has 18 heavy (non-hydrogen) atoms. The zero-order valence-electron chi connectivity index (χ0n) is 10.2. The van der Waals surface area contributed by atoms with E-state index in [4.69, 9.17) is 15.0 Å². The number of nitrogens with two attached hydrogens (primary N) is 1. The minimum Gasteiger partial charge on any atom is -0.485 e. The van der Waals surface area contributed by atoms with E-state index in [0.717, 1.165) is 0 Å². The molecule has 0 bridgehead atoms. The van der Waals surface area contributed by atoms with Crippen molar-refractivity contribution in [2.24, 2.45) is 5.73 Å². The van der Waals surface area contributed by atoms with Gasteiger partial charge in [-0.2, -0.15) is 4.98 Å². The Hall–Kier alpha value is -1.95. The SMILES string of the molecule is Cc1nc(COc2ccc(F)cc2[C@H](C)N)no1. The van der Waals surface area contributed by atoms with Gasteiger partial charge < -0.3 is 15.0 Å². The first-order chi connectivity index (χ1) is 8.56. The van der Waals surface area contributed by atoms with Gasteiger partial charge in [0.1, 0.15) is 11.6 Å². The molecule has 96 valence electrons. The van der Waals surface area contributed by atoms with Gasteiger partial charge in [0.2, 0.25) is 11.7 Å². The highest BCUT2D eigenvalue weighted by molar-refractivity contribution is 5.36. The first kappa shape index (κ1) is 12.5. The molecule has 1 atom stereocenters. The van der Waals surface area contributed by atoms with Crippen LogP contribution in [0.25, 0.3) is 0 Å². The highest BCUT2D eigenvalue weighted by Crippen LogP contribution is 2.25. The zero-order valence-corrected chi connectivity index (χ0v) is 10.2. The second-order valence-corrected chi connectivity index (χ2v) is 3.99. The molecule has 0 fully saturated rings. The van der Waals surface area contributed by atoms with E-state index < -0.39 is 0 Å². The highest BCUT2D eigenvalue weighted by atomic mass is 19.1. The number of halogens is 1. The highest BCUT2D eigenvalue weighted by Gasteiger charge is 2.11. The van der Waals surface area contributed by atoms with Crippen LogP contribution in [0.4, 0.5) is 4.39 Å². The molecule has 0 saturated carbocycles. The fourth-order valence-corrected chi connectivity index (χ4v) is 1.55. The summed E-state index contributed by atoms with van der Waals surface area (Å²) in [5, 5.41) is 3.71. The second kappa shape index (κ2) is 5.14. The van der Waals surface area contributed by atoms with Crippen LogP contribution in [0.3, 0.4) is 0 Å². The average molecular weight is 251 g/mol. The van der Waals surface area contributed by atoms with Crippen molar-refractivity contribution >= 4 is 0 Å². The molecular weight excluding hydrogens is 237 g/mol. The van der Waals surface area contributed by atoms with Gasteiger partial charge >= 0.3 is 0 Å². The maximum absolute atomic E-state index is 13.1. The standard InChI is InChI=1S/C12H14FN3O2/c1-7(14)10-5-9(13)3-4-11(10)17-6-12-15-8(2)18-16-12/h3-5,7H,6,14H2,1-2H3/t7-/m0/s1. The number of aromatic nitrogens is 2. The van der Waals surface area contributed by atoms with Crippen LogP contribution in [-0.2, 0) is 6.61 Å². The minimum absolute atomic E-state index is 0.155. The smallest absolute Gasteiger partial charge is 0.223 e. The second-order valence-electron chi connectivity index (χ2n) is 3.99. The lowest BCUT2D eigenvalue weighted by molar-refractivity contribution is 0.281. The fraction of sp³-hybridized carbons (Fsp3) is 0.333. The maximum atomic E-state index is 13.1. The first-order valence-electron chi connectivity index (χ1n) is 5.53. The van der Waals surface area contributed by atoms with E-state index in [-0.39, 0.29) is 18.5 Å². The summed E-state index contributed by atoms with van der Waals surface area (Å²) < 4.78 is 23.5. The quantitative estimate of drug-likeness (QED) is 0.900. The molecule has 2 rings (SSSR count). The van der Waals surface area contributed by atoms with Gasteiger partial charge in [0.15, 0.2) is 6.61 Å². The van der Waals surface area contributed by atoms with E-state index in [0.29, 0.717) is 23.0 Å². The van der Waals surface area contributed by atoms with Crippen molar-refractivity contribution in [2.75, 3.05) is 0 Å². The summed E-state index contributed by atoms with van der Waals surface area (Å²) in [6.07, 6.45) is 0.